The van der Waals surface area contributed by atoms with E-state index in [2.05, 4.69) is 15.9 Å². The standard InChI is InChI=1S/C21H17BrN2O4/c1-12(25)11-24-20(26)17(13(2)18(10-23)21(24)27)9-16-7-8-19(28-16)14-3-5-15(22)6-4-14/h3-9,12,25H,11H2,1-2H3/b17-9-/t12-/m0/s1. The van der Waals surface area contributed by atoms with E-state index in [1.807, 2.05) is 30.3 Å². The number of aliphatic hydroxyl groups excluding tert-OH is 1. The van der Waals surface area contributed by atoms with Gasteiger partial charge < -0.3 is 9.52 Å². The summed E-state index contributed by atoms with van der Waals surface area (Å²) in [5.74, 6) is -0.215. The van der Waals surface area contributed by atoms with Gasteiger partial charge in [-0.25, -0.2) is 0 Å². The molecule has 2 heterocycles. The average Bonchev–Trinajstić information content (AvgIpc) is 3.12. The first-order valence-corrected chi connectivity index (χ1v) is 9.34. The monoisotopic (exact) mass is 440 g/mol. The van der Waals surface area contributed by atoms with Gasteiger partial charge in [0.05, 0.1) is 12.6 Å². The smallest absolute Gasteiger partial charge is 0.271 e. The van der Waals surface area contributed by atoms with Gasteiger partial charge in [-0.15, -0.1) is 0 Å². The Bertz CT molecular complexity index is 1040. The second-order valence-corrected chi connectivity index (χ2v) is 7.36. The summed E-state index contributed by atoms with van der Waals surface area (Å²) < 4.78 is 6.77. The molecule has 0 unspecified atom stereocenters. The molecule has 1 aliphatic rings. The topological polar surface area (TPSA) is 94.5 Å². The van der Waals surface area contributed by atoms with E-state index < -0.39 is 17.9 Å². The van der Waals surface area contributed by atoms with Crippen LogP contribution >= 0.6 is 15.9 Å². The molecule has 0 fully saturated rings. The highest BCUT2D eigenvalue weighted by atomic mass is 79.9. The third-order valence-corrected chi connectivity index (χ3v) is 4.84. The molecule has 7 heteroatoms. The van der Waals surface area contributed by atoms with Crippen molar-refractivity contribution in [2.45, 2.75) is 20.0 Å². The van der Waals surface area contributed by atoms with E-state index in [1.165, 1.54) is 13.0 Å². The molecule has 2 amide bonds. The van der Waals surface area contributed by atoms with Crippen LogP contribution in [0.5, 0.6) is 0 Å². The van der Waals surface area contributed by atoms with Crippen molar-refractivity contribution in [3.8, 4) is 17.4 Å². The number of carbonyl (C=O) groups is 2. The number of aliphatic hydroxyl groups is 1. The highest BCUT2D eigenvalue weighted by Crippen LogP contribution is 2.29. The van der Waals surface area contributed by atoms with Gasteiger partial charge in [-0.2, -0.15) is 5.26 Å². The summed E-state index contributed by atoms with van der Waals surface area (Å²) in [6, 6.07) is 12.9. The molecule has 0 radical (unpaired) electrons. The van der Waals surface area contributed by atoms with E-state index in [-0.39, 0.29) is 17.7 Å². The van der Waals surface area contributed by atoms with E-state index in [0.717, 1.165) is 14.9 Å². The number of halogens is 1. The first-order chi connectivity index (χ1) is 13.3. The highest BCUT2D eigenvalue weighted by Gasteiger charge is 2.36. The van der Waals surface area contributed by atoms with Gasteiger partial charge in [-0.05, 0) is 49.8 Å². The maximum Gasteiger partial charge on any atom is 0.271 e. The lowest BCUT2D eigenvalue weighted by Gasteiger charge is -2.28. The lowest BCUT2D eigenvalue weighted by Crippen LogP contribution is -2.45. The van der Waals surface area contributed by atoms with Gasteiger partial charge in [0, 0.05) is 15.6 Å². The molecule has 0 aliphatic carbocycles. The van der Waals surface area contributed by atoms with Crippen LogP contribution in [0.25, 0.3) is 17.4 Å². The predicted molar refractivity (Wildman–Crippen MR) is 107 cm³/mol. The number of imide groups is 1. The summed E-state index contributed by atoms with van der Waals surface area (Å²) in [4.78, 5) is 26.1. The third kappa shape index (κ3) is 3.84. The van der Waals surface area contributed by atoms with Crippen LogP contribution in [0.2, 0.25) is 0 Å². The van der Waals surface area contributed by atoms with Crippen LogP contribution in [0.3, 0.4) is 0 Å². The summed E-state index contributed by atoms with van der Waals surface area (Å²) in [7, 11) is 0. The summed E-state index contributed by atoms with van der Waals surface area (Å²) in [6.07, 6.45) is 0.610. The lowest BCUT2D eigenvalue weighted by atomic mass is 9.94. The zero-order valence-electron chi connectivity index (χ0n) is 15.3. The number of furan rings is 1. The van der Waals surface area contributed by atoms with Crippen molar-refractivity contribution < 1.29 is 19.1 Å². The Morgan fingerprint density at radius 2 is 1.89 bits per heavy atom. The first-order valence-electron chi connectivity index (χ1n) is 8.55. The number of nitrogens with zero attached hydrogens (tertiary/aromatic N) is 2. The fourth-order valence-corrected chi connectivity index (χ4v) is 3.17. The van der Waals surface area contributed by atoms with Crippen molar-refractivity contribution >= 4 is 33.8 Å². The van der Waals surface area contributed by atoms with Gasteiger partial charge in [0.25, 0.3) is 11.8 Å². The number of hydrogen-bond donors (Lipinski definition) is 1. The number of benzene rings is 1. The van der Waals surface area contributed by atoms with Gasteiger partial charge in [0.15, 0.2) is 0 Å². The lowest BCUT2D eigenvalue weighted by molar-refractivity contribution is -0.141. The van der Waals surface area contributed by atoms with Crippen LogP contribution < -0.4 is 0 Å². The van der Waals surface area contributed by atoms with Crippen LogP contribution in [0.1, 0.15) is 19.6 Å². The number of hydrogen-bond acceptors (Lipinski definition) is 5. The van der Waals surface area contributed by atoms with E-state index in [0.29, 0.717) is 17.1 Å². The fraction of sp³-hybridized carbons (Fsp3) is 0.190. The Balaban J connectivity index is 2.01. The van der Waals surface area contributed by atoms with Crippen molar-refractivity contribution in [1.82, 2.24) is 4.90 Å². The Hall–Kier alpha value is -2.95. The van der Waals surface area contributed by atoms with Crippen LogP contribution in [0.15, 0.2) is 62.0 Å². The van der Waals surface area contributed by atoms with E-state index in [4.69, 9.17) is 4.42 Å². The molecule has 142 valence electrons. The second-order valence-electron chi connectivity index (χ2n) is 6.45. The molecule has 1 atom stereocenters. The van der Waals surface area contributed by atoms with Crippen molar-refractivity contribution in [2.75, 3.05) is 6.54 Å². The molecular formula is C21H17BrN2O4. The maximum atomic E-state index is 12.8. The number of carbonyl (C=O) groups excluding carboxylic acids is 2. The normalized spacial score (nSPS) is 17.2. The Labute approximate surface area is 170 Å². The Morgan fingerprint density at radius 1 is 1.21 bits per heavy atom. The van der Waals surface area contributed by atoms with Crippen molar-refractivity contribution in [3.05, 3.63) is 63.4 Å². The van der Waals surface area contributed by atoms with Crippen LogP contribution in [-0.4, -0.2) is 34.5 Å². The van der Waals surface area contributed by atoms with Gasteiger partial charge in [0.1, 0.15) is 23.2 Å². The van der Waals surface area contributed by atoms with Gasteiger partial charge >= 0.3 is 0 Å². The quantitative estimate of drug-likeness (QED) is 0.577. The SMILES string of the molecule is CC1=C(C#N)C(=O)N(C[C@H](C)O)C(=O)/C1=C\c1ccc(-c2ccc(Br)cc2)o1. The van der Waals surface area contributed by atoms with Crippen LogP contribution in [0, 0.1) is 11.3 Å². The van der Waals surface area contributed by atoms with Crippen molar-refractivity contribution in [1.29, 1.82) is 5.26 Å². The third-order valence-electron chi connectivity index (χ3n) is 4.31. The molecule has 0 spiro atoms. The minimum Gasteiger partial charge on any atom is -0.457 e. The molecule has 28 heavy (non-hydrogen) atoms. The largest absolute Gasteiger partial charge is 0.457 e. The summed E-state index contributed by atoms with van der Waals surface area (Å²) in [5.41, 5.74) is 1.24. The number of rotatable bonds is 4. The summed E-state index contributed by atoms with van der Waals surface area (Å²) in [5, 5.41) is 18.9. The molecular weight excluding hydrogens is 424 g/mol. The minimum absolute atomic E-state index is 0.119. The van der Waals surface area contributed by atoms with E-state index in [1.54, 1.807) is 19.1 Å². The van der Waals surface area contributed by atoms with E-state index >= 15 is 0 Å². The molecule has 1 aromatic heterocycles. The molecule has 6 nitrogen and oxygen atoms in total. The Kier molecular flexibility index (Phi) is 5.63. The summed E-state index contributed by atoms with van der Waals surface area (Å²) >= 11 is 3.38. The molecule has 1 aromatic carbocycles. The van der Waals surface area contributed by atoms with Crippen molar-refractivity contribution in [3.63, 3.8) is 0 Å². The molecule has 1 N–H and O–H groups in total. The van der Waals surface area contributed by atoms with Gasteiger partial charge in [-0.3, -0.25) is 14.5 Å². The zero-order chi connectivity index (χ0) is 20.4. The van der Waals surface area contributed by atoms with Gasteiger partial charge in [-0.1, -0.05) is 28.1 Å². The molecule has 0 saturated carbocycles. The number of amides is 2. The molecule has 0 saturated heterocycles. The average molecular weight is 441 g/mol. The molecule has 2 aromatic rings. The minimum atomic E-state index is -0.903. The number of β-amino-alcohol motifs (C(OH)–C–C–N with tert-alkyl or cyclic N) is 1. The van der Waals surface area contributed by atoms with E-state index in [9.17, 15) is 20.0 Å². The molecule has 1 aliphatic heterocycles. The van der Waals surface area contributed by atoms with Crippen LogP contribution in [0.4, 0.5) is 0 Å². The highest BCUT2D eigenvalue weighted by molar-refractivity contribution is 9.10. The zero-order valence-corrected chi connectivity index (χ0v) is 16.9. The second kappa shape index (κ2) is 7.97. The van der Waals surface area contributed by atoms with Crippen LogP contribution in [-0.2, 0) is 9.59 Å². The predicted octanol–water partition coefficient (Wildman–Crippen LogP) is 3.68. The van der Waals surface area contributed by atoms with Crippen molar-refractivity contribution in [2.24, 2.45) is 0 Å². The Morgan fingerprint density at radius 3 is 2.50 bits per heavy atom. The fourth-order valence-electron chi connectivity index (χ4n) is 2.90. The molecule has 0 bridgehead atoms. The molecule has 3 rings (SSSR count). The van der Waals surface area contributed by atoms with Gasteiger partial charge in [0.2, 0.25) is 0 Å². The maximum absolute atomic E-state index is 12.8. The summed E-state index contributed by atoms with van der Waals surface area (Å²) in [6.45, 7) is 2.84. The number of nitriles is 1. The first kappa shape index (κ1) is 19.8.